The zero-order valence-corrected chi connectivity index (χ0v) is 17.3. The first kappa shape index (κ1) is 22.9. The Labute approximate surface area is 163 Å². The molecule has 1 aromatic rings. The molecule has 1 aliphatic rings. The lowest BCUT2D eigenvalue weighted by Gasteiger charge is -2.38. The van der Waals surface area contributed by atoms with Crippen LogP contribution in [-0.4, -0.2) is 38.9 Å². The van der Waals surface area contributed by atoms with Gasteiger partial charge in [0, 0.05) is 18.2 Å². The molecule has 0 bridgehead atoms. The van der Waals surface area contributed by atoms with Crippen molar-refractivity contribution in [3.8, 4) is 0 Å². The molecule has 1 atom stereocenters. The molecule has 0 aromatic heterocycles. The smallest absolute Gasteiger partial charge is 0.236 e. The molecule has 5 nitrogen and oxygen atoms in total. The fourth-order valence-electron chi connectivity index (χ4n) is 3.63. The van der Waals surface area contributed by atoms with Crippen LogP contribution in [0.1, 0.15) is 49.7 Å². The highest BCUT2D eigenvalue weighted by molar-refractivity contribution is 7.90. The average Bonchev–Trinajstić information content (AvgIpc) is 2.57. The molecule has 0 aliphatic heterocycles. The van der Waals surface area contributed by atoms with E-state index in [1.165, 1.54) is 17.5 Å². The summed E-state index contributed by atoms with van der Waals surface area (Å²) >= 11 is 0. The van der Waals surface area contributed by atoms with E-state index in [1.54, 1.807) is 0 Å². The number of hydrogen-bond donors (Lipinski definition) is 2. The van der Waals surface area contributed by atoms with Crippen LogP contribution in [0.25, 0.3) is 0 Å². The van der Waals surface area contributed by atoms with Crippen molar-refractivity contribution in [2.75, 3.05) is 18.6 Å². The number of nitrogens with one attached hydrogen (secondary N) is 1. The van der Waals surface area contributed by atoms with Crippen molar-refractivity contribution in [2.24, 2.45) is 5.73 Å². The Kier molecular flexibility index (Phi) is 8.57. The van der Waals surface area contributed by atoms with E-state index >= 15 is 0 Å². The number of nitrogens with two attached hydrogens (primary N) is 1. The summed E-state index contributed by atoms with van der Waals surface area (Å²) in [6, 6.07) is 7.73. The summed E-state index contributed by atoms with van der Waals surface area (Å²) in [4.78, 5) is 12.3. The van der Waals surface area contributed by atoms with E-state index in [0.29, 0.717) is 6.54 Å². The molecule has 1 amide bonds. The Morgan fingerprint density at radius 1 is 1.27 bits per heavy atom. The van der Waals surface area contributed by atoms with Crippen LogP contribution >= 0.6 is 12.4 Å². The second kappa shape index (κ2) is 9.72. The van der Waals surface area contributed by atoms with E-state index in [9.17, 15) is 13.2 Å². The van der Waals surface area contributed by atoms with Crippen LogP contribution in [0.15, 0.2) is 24.3 Å². The van der Waals surface area contributed by atoms with Gasteiger partial charge in [-0.1, -0.05) is 49.1 Å². The van der Waals surface area contributed by atoms with Crippen LogP contribution in [-0.2, 0) is 20.0 Å². The minimum absolute atomic E-state index is 0. The van der Waals surface area contributed by atoms with Gasteiger partial charge in [-0.15, -0.1) is 12.4 Å². The van der Waals surface area contributed by atoms with Crippen molar-refractivity contribution in [3.63, 3.8) is 0 Å². The maximum atomic E-state index is 12.3. The molecule has 2 rings (SSSR count). The first-order valence-electron chi connectivity index (χ1n) is 9.00. The number of carbonyl (C=O) groups is 1. The second-order valence-electron chi connectivity index (χ2n) is 7.45. The lowest BCUT2D eigenvalue weighted by Crippen LogP contribution is -2.48. The van der Waals surface area contributed by atoms with Crippen molar-refractivity contribution in [2.45, 2.75) is 56.9 Å². The Bertz CT molecular complexity index is 700. The lowest BCUT2D eigenvalue weighted by molar-refractivity contribution is -0.122. The molecule has 1 unspecified atom stereocenters. The maximum Gasteiger partial charge on any atom is 0.236 e. The third-order valence-corrected chi connectivity index (χ3v) is 6.16. The van der Waals surface area contributed by atoms with Gasteiger partial charge in [0.25, 0.3) is 0 Å². The Morgan fingerprint density at radius 2 is 1.92 bits per heavy atom. The number of benzene rings is 1. The quantitative estimate of drug-likeness (QED) is 0.733. The zero-order chi connectivity index (χ0) is 18.5. The fraction of sp³-hybridized carbons (Fsp3) is 0.632. The van der Waals surface area contributed by atoms with E-state index in [1.807, 2.05) is 0 Å². The van der Waals surface area contributed by atoms with Crippen molar-refractivity contribution in [1.82, 2.24) is 5.32 Å². The molecule has 0 saturated heterocycles. The number of hydrogen-bond acceptors (Lipinski definition) is 4. The fourth-order valence-corrected chi connectivity index (χ4v) is 4.31. The summed E-state index contributed by atoms with van der Waals surface area (Å²) in [5.41, 5.74) is 8.32. The Hall–Kier alpha value is -1.11. The highest BCUT2D eigenvalue weighted by atomic mass is 35.5. The molecule has 0 spiro atoms. The number of halogens is 1. The van der Waals surface area contributed by atoms with Gasteiger partial charge < -0.3 is 11.1 Å². The summed E-state index contributed by atoms with van der Waals surface area (Å²) in [5, 5.41) is 2.99. The van der Waals surface area contributed by atoms with E-state index in [4.69, 9.17) is 5.73 Å². The van der Waals surface area contributed by atoms with Crippen LogP contribution in [0.4, 0.5) is 0 Å². The van der Waals surface area contributed by atoms with Crippen molar-refractivity contribution >= 4 is 28.2 Å². The zero-order valence-electron chi connectivity index (χ0n) is 15.7. The van der Waals surface area contributed by atoms with Gasteiger partial charge in [-0.05, 0) is 31.7 Å². The summed E-state index contributed by atoms with van der Waals surface area (Å²) < 4.78 is 22.5. The number of amides is 1. The van der Waals surface area contributed by atoms with E-state index in [2.05, 4.69) is 36.5 Å². The molecule has 1 fully saturated rings. The Balaban J connectivity index is 0.00000338. The van der Waals surface area contributed by atoms with Gasteiger partial charge in [-0.25, -0.2) is 8.42 Å². The van der Waals surface area contributed by atoms with Crippen LogP contribution < -0.4 is 11.1 Å². The molecule has 7 heteroatoms. The van der Waals surface area contributed by atoms with E-state index in [0.717, 1.165) is 31.9 Å². The van der Waals surface area contributed by atoms with Crippen LogP contribution in [0, 0.1) is 6.92 Å². The van der Waals surface area contributed by atoms with Crippen LogP contribution in [0.2, 0.25) is 0 Å². The van der Waals surface area contributed by atoms with Gasteiger partial charge in [0.05, 0.1) is 11.8 Å². The number of aryl methyl sites for hydroxylation is 1. The summed E-state index contributed by atoms with van der Waals surface area (Å²) in [6.45, 7) is 2.64. The molecule has 1 aliphatic carbocycles. The first-order chi connectivity index (χ1) is 11.7. The lowest BCUT2D eigenvalue weighted by atomic mass is 9.69. The predicted molar refractivity (Wildman–Crippen MR) is 109 cm³/mol. The highest BCUT2D eigenvalue weighted by Gasteiger charge is 2.34. The van der Waals surface area contributed by atoms with Crippen molar-refractivity contribution in [1.29, 1.82) is 0 Å². The van der Waals surface area contributed by atoms with Crippen molar-refractivity contribution < 1.29 is 13.2 Å². The molecule has 1 aromatic carbocycles. The molecule has 0 radical (unpaired) electrons. The summed E-state index contributed by atoms with van der Waals surface area (Å²) in [5.74, 6) is -0.328. The number of sulfone groups is 1. The second-order valence-corrected chi connectivity index (χ2v) is 9.71. The summed E-state index contributed by atoms with van der Waals surface area (Å²) in [6.07, 6.45) is 6.96. The summed E-state index contributed by atoms with van der Waals surface area (Å²) in [7, 11) is -3.11. The van der Waals surface area contributed by atoms with Crippen LogP contribution in [0.3, 0.4) is 0 Å². The topological polar surface area (TPSA) is 89.3 Å². The largest absolute Gasteiger partial charge is 0.354 e. The van der Waals surface area contributed by atoms with Gasteiger partial charge in [0.15, 0.2) is 0 Å². The standard InChI is InChI=1S/C19H30N2O3S.ClH/c1-15-7-6-8-16(13-15)19(10-4-3-5-11-19)14-21-18(22)17(20)9-12-25(2,23)24;/h6-8,13,17H,3-5,9-12,14,20H2,1-2H3,(H,21,22);1H. The minimum atomic E-state index is -3.11. The molecule has 0 heterocycles. The molecule has 1 saturated carbocycles. The average molecular weight is 403 g/mol. The van der Waals surface area contributed by atoms with Gasteiger partial charge in [-0.3, -0.25) is 4.79 Å². The van der Waals surface area contributed by atoms with Crippen molar-refractivity contribution in [3.05, 3.63) is 35.4 Å². The molecule has 26 heavy (non-hydrogen) atoms. The number of carbonyl (C=O) groups excluding carboxylic acids is 1. The third-order valence-electron chi connectivity index (χ3n) is 5.18. The van der Waals surface area contributed by atoms with E-state index in [-0.39, 0.29) is 35.9 Å². The van der Waals surface area contributed by atoms with Gasteiger partial charge in [0.1, 0.15) is 9.84 Å². The van der Waals surface area contributed by atoms with Crippen LogP contribution in [0.5, 0.6) is 0 Å². The normalized spacial score (nSPS) is 17.8. The highest BCUT2D eigenvalue weighted by Crippen LogP contribution is 2.39. The molecule has 3 N–H and O–H groups in total. The minimum Gasteiger partial charge on any atom is -0.354 e. The Morgan fingerprint density at radius 3 is 2.50 bits per heavy atom. The monoisotopic (exact) mass is 402 g/mol. The van der Waals surface area contributed by atoms with Gasteiger partial charge >= 0.3 is 0 Å². The predicted octanol–water partition coefficient (Wildman–Crippen LogP) is 2.50. The maximum absolute atomic E-state index is 12.3. The third kappa shape index (κ3) is 6.56. The molecular weight excluding hydrogens is 372 g/mol. The number of rotatable bonds is 7. The van der Waals surface area contributed by atoms with E-state index < -0.39 is 15.9 Å². The SMILES string of the molecule is Cc1cccc(C2(CNC(=O)C(N)CCS(C)(=O)=O)CCCCC2)c1.Cl. The van der Waals surface area contributed by atoms with Gasteiger partial charge in [0.2, 0.25) is 5.91 Å². The molecular formula is C19H31ClN2O3S. The first-order valence-corrected chi connectivity index (χ1v) is 11.1. The van der Waals surface area contributed by atoms with Gasteiger partial charge in [-0.2, -0.15) is 0 Å². The molecule has 148 valence electrons.